The second-order valence-electron chi connectivity index (χ2n) is 3.16. The smallest absolute Gasteiger partial charge is 0.0548 e. The van der Waals surface area contributed by atoms with E-state index in [-0.39, 0.29) is 0 Å². The van der Waals surface area contributed by atoms with Crippen molar-refractivity contribution in [2.75, 3.05) is 20.1 Å². The third-order valence-corrected chi connectivity index (χ3v) is 2.42. The summed E-state index contributed by atoms with van der Waals surface area (Å²) in [6.45, 7) is 3.76. The minimum atomic E-state index is 0.418. The van der Waals surface area contributed by atoms with E-state index in [0.717, 1.165) is 19.5 Å². The zero-order chi connectivity index (χ0) is 8.27. The fourth-order valence-electron chi connectivity index (χ4n) is 1.50. The first-order chi connectivity index (χ1) is 5.27. The predicted octanol–water partition coefficient (Wildman–Crippen LogP) is 0.598. The lowest BCUT2D eigenvalue weighted by molar-refractivity contribution is 0.156. The monoisotopic (exact) mass is 157 g/mol. The molecule has 0 aromatic carbocycles. The van der Waals surface area contributed by atoms with Crippen molar-refractivity contribution in [3.05, 3.63) is 4.91 Å². The molecule has 4 nitrogen and oxygen atoms in total. The molecule has 11 heavy (non-hydrogen) atoms. The quantitative estimate of drug-likeness (QED) is 0.597. The van der Waals surface area contributed by atoms with E-state index in [9.17, 15) is 4.91 Å². The molecule has 0 aromatic rings. The number of nitroso groups, excluding NO2 is 1. The van der Waals surface area contributed by atoms with Crippen molar-refractivity contribution < 1.29 is 0 Å². The molecule has 0 aromatic heterocycles. The summed E-state index contributed by atoms with van der Waals surface area (Å²) in [5.74, 6) is 0.651. The average molecular weight is 157 g/mol. The minimum Gasteiger partial charge on any atom is -0.315 e. The lowest BCUT2D eigenvalue weighted by Gasteiger charge is -2.33. The highest BCUT2D eigenvalue weighted by atomic mass is 16.3. The number of nitrogens with one attached hydrogen (secondary N) is 1. The highest BCUT2D eigenvalue weighted by molar-refractivity contribution is 4.80. The number of piperidine rings is 1. The molecule has 0 amide bonds. The maximum atomic E-state index is 10.2. The van der Waals surface area contributed by atoms with E-state index in [1.54, 1.807) is 5.01 Å². The molecular formula is C7H15N3O. The fraction of sp³-hybridized carbons (Fsp3) is 1.00. The van der Waals surface area contributed by atoms with Gasteiger partial charge in [0.2, 0.25) is 0 Å². The molecule has 0 spiro atoms. The van der Waals surface area contributed by atoms with Crippen molar-refractivity contribution in [2.45, 2.75) is 19.4 Å². The van der Waals surface area contributed by atoms with Gasteiger partial charge in [0, 0.05) is 12.6 Å². The first-order valence-corrected chi connectivity index (χ1v) is 4.03. The van der Waals surface area contributed by atoms with Crippen LogP contribution in [0, 0.1) is 10.8 Å². The molecule has 0 aliphatic carbocycles. The second-order valence-corrected chi connectivity index (χ2v) is 3.16. The lowest BCUT2D eigenvalue weighted by atomic mass is 9.95. The SMILES string of the molecule is CNC1CN(N=O)CCC1C. The van der Waals surface area contributed by atoms with Gasteiger partial charge >= 0.3 is 0 Å². The lowest BCUT2D eigenvalue weighted by Crippen LogP contribution is -2.46. The number of rotatable bonds is 2. The van der Waals surface area contributed by atoms with E-state index in [0.29, 0.717) is 12.0 Å². The summed E-state index contributed by atoms with van der Waals surface area (Å²) in [4.78, 5) is 10.2. The number of likely N-dealkylation sites (N-methyl/N-ethyl adjacent to an activating group) is 1. The van der Waals surface area contributed by atoms with Crippen molar-refractivity contribution in [1.82, 2.24) is 10.3 Å². The van der Waals surface area contributed by atoms with Crippen LogP contribution in [0.25, 0.3) is 0 Å². The molecule has 2 unspecified atom stereocenters. The maximum absolute atomic E-state index is 10.2. The van der Waals surface area contributed by atoms with Crippen LogP contribution in [0.4, 0.5) is 0 Å². The molecule has 1 rings (SSSR count). The zero-order valence-corrected chi connectivity index (χ0v) is 7.08. The van der Waals surface area contributed by atoms with Crippen molar-refractivity contribution >= 4 is 0 Å². The summed E-state index contributed by atoms with van der Waals surface area (Å²) in [6, 6.07) is 0.418. The molecule has 0 saturated carbocycles. The predicted molar refractivity (Wildman–Crippen MR) is 44.0 cm³/mol. The van der Waals surface area contributed by atoms with Gasteiger partial charge in [-0.3, -0.25) is 5.01 Å². The summed E-state index contributed by atoms with van der Waals surface area (Å²) in [7, 11) is 1.93. The fourth-order valence-corrected chi connectivity index (χ4v) is 1.50. The van der Waals surface area contributed by atoms with Crippen LogP contribution in [-0.2, 0) is 0 Å². The van der Waals surface area contributed by atoms with Crippen molar-refractivity contribution in [2.24, 2.45) is 11.2 Å². The van der Waals surface area contributed by atoms with Crippen LogP contribution >= 0.6 is 0 Å². The topological polar surface area (TPSA) is 44.7 Å². The molecule has 2 atom stereocenters. The van der Waals surface area contributed by atoms with E-state index in [4.69, 9.17) is 0 Å². The summed E-state index contributed by atoms with van der Waals surface area (Å²) in [5, 5.41) is 7.69. The van der Waals surface area contributed by atoms with Gasteiger partial charge in [-0.2, -0.15) is 0 Å². The third kappa shape index (κ3) is 1.89. The van der Waals surface area contributed by atoms with Crippen molar-refractivity contribution in [3.8, 4) is 0 Å². The van der Waals surface area contributed by atoms with Crippen LogP contribution in [0.3, 0.4) is 0 Å². The van der Waals surface area contributed by atoms with E-state index >= 15 is 0 Å². The van der Waals surface area contributed by atoms with Crippen LogP contribution in [0.5, 0.6) is 0 Å². The van der Waals surface area contributed by atoms with Crippen LogP contribution in [-0.4, -0.2) is 31.2 Å². The molecule has 0 radical (unpaired) electrons. The number of hydrogen-bond donors (Lipinski definition) is 1. The Labute approximate surface area is 66.9 Å². The Bertz CT molecular complexity index is 140. The Morgan fingerprint density at radius 3 is 2.91 bits per heavy atom. The molecular weight excluding hydrogens is 142 g/mol. The Morgan fingerprint density at radius 2 is 2.36 bits per heavy atom. The van der Waals surface area contributed by atoms with Crippen LogP contribution in [0.15, 0.2) is 5.29 Å². The first-order valence-electron chi connectivity index (χ1n) is 4.03. The number of nitrogens with zero attached hydrogens (tertiary/aromatic N) is 2. The molecule has 1 aliphatic heterocycles. The Morgan fingerprint density at radius 1 is 1.64 bits per heavy atom. The van der Waals surface area contributed by atoms with E-state index in [2.05, 4.69) is 17.5 Å². The van der Waals surface area contributed by atoms with Crippen LogP contribution < -0.4 is 5.32 Å². The molecule has 1 saturated heterocycles. The van der Waals surface area contributed by atoms with Gasteiger partial charge < -0.3 is 5.32 Å². The standard InChI is InChI=1S/C7H15N3O/c1-6-3-4-10(9-11)5-7(6)8-2/h6-8H,3-5H2,1-2H3. The Balaban J connectivity index is 2.43. The van der Waals surface area contributed by atoms with Gasteiger partial charge in [0.05, 0.1) is 11.8 Å². The minimum absolute atomic E-state index is 0.418. The van der Waals surface area contributed by atoms with Crippen LogP contribution in [0.2, 0.25) is 0 Å². The zero-order valence-electron chi connectivity index (χ0n) is 7.08. The Kier molecular flexibility index (Phi) is 2.82. The average Bonchev–Trinajstić information content (AvgIpc) is 2.05. The van der Waals surface area contributed by atoms with E-state index < -0.39 is 0 Å². The highest BCUT2D eigenvalue weighted by Gasteiger charge is 2.24. The number of hydrogen-bond acceptors (Lipinski definition) is 3. The van der Waals surface area contributed by atoms with Gasteiger partial charge in [-0.25, -0.2) is 0 Å². The van der Waals surface area contributed by atoms with Crippen molar-refractivity contribution in [3.63, 3.8) is 0 Å². The molecule has 1 heterocycles. The summed E-state index contributed by atoms with van der Waals surface area (Å²) in [5.41, 5.74) is 0. The van der Waals surface area contributed by atoms with Gasteiger partial charge in [0.15, 0.2) is 0 Å². The molecule has 0 bridgehead atoms. The molecule has 1 fully saturated rings. The van der Waals surface area contributed by atoms with Crippen molar-refractivity contribution in [1.29, 1.82) is 0 Å². The summed E-state index contributed by atoms with van der Waals surface area (Å²) in [6.07, 6.45) is 1.05. The first kappa shape index (κ1) is 8.46. The van der Waals surface area contributed by atoms with Gasteiger partial charge in [-0.05, 0) is 19.4 Å². The normalized spacial score (nSPS) is 32.0. The van der Waals surface area contributed by atoms with Crippen LogP contribution in [0.1, 0.15) is 13.3 Å². The molecule has 64 valence electrons. The Hall–Kier alpha value is -0.640. The van der Waals surface area contributed by atoms with Gasteiger partial charge in [0.1, 0.15) is 0 Å². The van der Waals surface area contributed by atoms with Gasteiger partial charge in [0.25, 0.3) is 0 Å². The van der Waals surface area contributed by atoms with E-state index in [1.165, 1.54) is 0 Å². The third-order valence-electron chi connectivity index (χ3n) is 2.42. The maximum Gasteiger partial charge on any atom is 0.0548 e. The molecule has 4 heteroatoms. The molecule has 1 N–H and O–H groups in total. The van der Waals surface area contributed by atoms with Gasteiger partial charge in [-0.15, -0.1) is 4.91 Å². The summed E-state index contributed by atoms with van der Waals surface area (Å²) >= 11 is 0. The largest absolute Gasteiger partial charge is 0.315 e. The van der Waals surface area contributed by atoms with Gasteiger partial charge in [-0.1, -0.05) is 6.92 Å². The van der Waals surface area contributed by atoms with E-state index in [1.807, 2.05) is 7.05 Å². The highest BCUT2D eigenvalue weighted by Crippen LogP contribution is 2.16. The summed E-state index contributed by atoms with van der Waals surface area (Å²) < 4.78 is 0. The molecule has 1 aliphatic rings. The second kappa shape index (κ2) is 3.67.